The Bertz CT molecular complexity index is 158. The minimum Gasteiger partial charge on any atom is -0.121 e. The summed E-state index contributed by atoms with van der Waals surface area (Å²) in [5.41, 5.74) is 0. The lowest BCUT2D eigenvalue weighted by atomic mass is 10.2. The number of hydrogen-bond acceptors (Lipinski definition) is 1. The van der Waals surface area contributed by atoms with Crippen LogP contribution in [0.5, 0.6) is 0 Å². The van der Waals surface area contributed by atoms with Gasteiger partial charge in [0.25, 0.3) is 0 Å². The predicted octanol–water partition coefficient (Wildman–Crippen LogP) is 3.63. The van der Waals surface area contributed by atoms with E-state index in [4.69, 9.17) is 11.6 Å². The molecule has 0 radical (unpaired) electrons. The fourth-order valence-corrected chi connectivity index (χ4v) is 3.21. The number of rotatable bonds is 2. The number of alkyl halides is 1. The largest absolute Gasteiger partial charge is 0.351 e. The van der Waals surface area contributed by atoms with E-state index in [1.165, 1.54) is 0 Å². The third kappa shape index (κ3) is 3.09. The summed E-state index contributed by atoms with van der Waals surface area (Å²) in [5, 5.41) is -0.372. The third-order valence-corrected chi connectivity index (χ3v) is 4.82. The molecule has 0 amide bonds. The van der Waals surface area contributed by atoms with Crippen molar-refractivity contribution in [3.05, 3.63) is 0 Å². The molecule has 0 heterocycles. The molecule has 1 atom stereocenters. The molecule has 1 unspecified atom stereocenters. The summed E-state index contributed by atoms with van der Waals surface area (Å²) in [6.07, 6.45) is 0. The molecule has 0 saturated heterocycles. The maximum atomic E-state index is 11.8. The van der Waals surface area contributed by atoms with E-state index in [9.17, 15) is 4.57 Å². The second-order valence-electron chi connectivity index (χ2n) is 4.41. The Kier molecular flexibility index (Phi) is 3.53. The van der Waals surface area contributed by atoms with Gasteiger partial charge in [-0.05, 0) is 34.6 Å². The number of hydrogen-bond donors (Lipinski definition) is 0. The number of halogens is 1. The standard InChI is InChI=1S/C8H17ClOP/c1-7(2,3)11(10)8(4,5)6-9/h6H2,1-5H3/q+1. The van der Waals surface area contributed by atoms with Crippen LogP contribution in [0.4, 0.5) is 0 Å². The lowest BCUT2D eigenvalue weighted by molar-refractivity contribution is 0.540. The van der Waals surface area contributed by atoms with Gasteiger partial charge in [-0.15, -0.1) is 11.6 Å². The van der Waals surface area contributed by atoms with Gasteiger partial charge in [-0.25, -0.2) is 0 Å². The monoisotopic (exact) mass is 195 g/mol. The Morgan fingerprint density at radius 1 is 1.18 bits per heavy atom. The quantitative estimate of drug-likeness (QED) is 0.486. The Balaban J connectivity index is 4.50. The summed E-state index contributed by atoms with van der Waals surface area (Å²) in [6, 6.07) is 0. The van der Waals surface area contributed by atoms with E-state index in [0.717, 1.165) is 0 Å². The zero-order valence-electron chi connectivity index (χ0n) is 7.94. The molecule has 11 heavy (non-hydrogen) atoms. The smallest absolute Gasteiger partial charge is 0.121 e. The highest BCUT2D eigenvalue weighted by atomic mass is 35.5. The molecule has 0 aromatic rings. The van der Waals surface area contributed by atoms with Crippen LogP contribution in [0, 0.1) is 0 Å². The van der Waals surface area contributed by atoms with E-state index in [-0.39, 0.29) is 10.3 Å². The average Bonchev–Trinajstić information content (AvgIpc) is 1.84. The molecule has 0 bridgehead atoms. The minimum atomic E-state index is -1.25. The Morgan fingerprint density at radius 2 is 1.55 bits per heavy atom. The fraction of sp³-hybridized carbons (Fsp3) is 1.00. The van der Waals surface area contributed by atoms with Crippen LogP contribution in [0.2, 0.25) is 0 Å². The van der Waals surface area contributed by atoms with Crippen LogP contribution < -0.4 is 0 Å². The average molecular weight is 196 g/mol. The molecular formula is C8H17ClOP+. The van der Waals surface area contributed by atoms with Crippen LogP contribution in [0.25, 0.3) is 0 Å². The highest BCUT2D eigenvalue weighted by Gasteiger charge is 2.47. The van der Waals surface area contributed by atoms with Crippen molar-refractivity contribution in [1.82, 2.24) is 0 Å². The molecule has 66 valence electrons. The SMILES string of the molecule is CC(C)(C)[P+](=O)C(C)(C)CCl. The summed E-state index contributed by atoms with van der Waals surface area (Å²) in [6.45, 7) is 9.86. The van der Waals surface area contributed by atoms with Gasteiger partial charge in [-0.2, -0.15) is 0 Å². The van der Waals surface area contributed by atoms with E-state index in [1.54, 1.807) is 0 Å². The van der Waals surface area contributed by atoms with E-state index >= 15 is 0 Å². The van der Waals surface area contributed by atoms with Crippen LogP contribution >= 0.6 is 19.4 Å². The van der Waals surface area contributed by atoms with Gasteiger partial charge in [0, 0.05) is 0 Å². The Hall–Kier alpha value is 0.390. The summed E-state index contributed by atoms with van der Waals surface area (Å²) < 4.78 is 11.8. The second-order valence-corrected chi connectivity index (χ2v) is 7.82. The van der Waals surface area contributed by atoms with Crippen molar-refractivity contribution in [2.45, 2.75) is 44.9 Å². The summed E-state index contributed by atoms with van der Waals surface area (Å²) >= 11 is 5.71. The van der Waals surface area contributed by atoms with Gasteiger partial charge in [0.2, 0.25) is 0 Å². The molecule has 1 nitrogen and oxygen atoms in total. The molecule has 0 spiro atoms. The van der Waals surface area contributed by atoms with Crippen molar-refractivity contribution in [1.29, 1.82) is 0 Å². The molecule has 0 aliphatic rings. The van der Waals surface area contributed by atoms with Crippen molar-refractivity contribution in [2.75, 3.05) is 5.88 Å². The molecule has 0 aromatic heterocycles. The Labute approximate surface area is 75.3 Å². The fourth-order valence-electron chi connectivity index (χ4n) is 0.962. The normalized spacial score (nSPS) is 14.9. The van der Waals surface area contributed by atoms with E-state index in [1.807, 2.05) is 34.6 Å². The zero-order chi connectivity index (χ0) is 9.28. The molecule has 0 rings (SSSR count). The first-order chi connectivity index (χ1) is 4.72. The van der Waals surface area contributed by atoms with Crippen LogP contribution in [0.15, 0.2) is 0 Å². The van der Waals surface area contributed by atoms with Gasteiger partial charge < -0.3 is 0 Å². The second kappa shape index (κ2) is 3.41. The van der Waals surface area contributed by atoms with Gasteiger partial charge in [0.15, 0.2) is 10.3 Å². The molecule has 0 aromatic carbocycles. The maximum Gasteiger partial charge on any atom is 0.351 e. The molecule has 0 aliphatic heterocycles. The topological polar surface area (TPSA) is 17.1 Å². The van der Waals surface area contributed by atoms with Gasteiger partial charge in [0.05, 0.1) is 5.88 Å². The first-order valence-electron chi connectivity index (χ1n) is 3.75. The molecule has 0 aliphatic carbocycles. The minimum absolute atomic E-state index is 0.131. The van der Waals surface area contributed by atoms with Gasteiger partial charge in [-0.3, -0.25) is 0 Å². The Morgan fingerprint density at radius 3 is 1.64 bits per heavy atom. The predicted molar refractivity (Wildman–Crippen MR) is 52.2 cm³/mol. The summed E-state index contributed by atoms with van der Waals surface area (Å²) in [7, 11) is -1.25. The summed E-state index contributed by atoms with van der Waals surface area (Å²) in [5.74, 6) is 0.458. The molecule has 0 N–H and O–H groups in total. The lowest BCUT2D eigenvalue weighted by Crippen LogP contribution is -2.25. The third-order valence-electron chi connectivity index (χ3n) is 1.49. The molecule has 3 heteroatoms. The zero-order valence-corrected chi connectivity index (χ0v) is 9.59. The maximum absolute atomic E-state index is 11.8. The van der Waals surface area contributed by atoms with E-state index < -0.39 is 7.80 Å². The van der Waals surface area contributed by atoms with Crippen LogP contribution in [0.1, 0.15) is 34.6 Å². The van der Waals surface area contributed by atoms with Crippen LogP contribution in [0.3, 0.4) is 0 Å². The van der Waals surface area contributed by atoms with Crippen molar-refractivity contribution in [2.24, 2.45) is 0 Å². The first kappa shape index (κ1) is 11.4. The molecule has 0 fully saturated rings. The highest BCUT2D eigenvalue weighted by molar-refractivity contribution is 7.48. The van der Waals surface area contributed by atoms with E-state index in [0.29, 0.717) is 5.88 Å². The van der Waals surface area contributed by atoms with Gasteiger partial charge >= 0.3 is 7.80 Å². The van der Waals surface area contributed by atoms with Gasteiger partial charge in [0.1, 0.15) is 0 Å². The lowest BCUT2D eigenvalue weighted by Gasteiger charge is -2.16. The van der Waals surface area contributed by atoms with Gasteiger partial charge in [-0.1, -0.05) is 4.57 Å². The van der Waals surface area contributed by atoms with Crippen molar-refractivity contribution < 1.29 is 4.57 Å². The summed E-state index contributed by atoms with van der Waals surface area (Å²) in [4.78, 5) is 0. The van der Waals surface area contributed by atoms with Crippen molar-refractivity contribution in [3.63, 3.8) is 0 Å². The highest BCUT2D eigenvalue weighted by Crippen LogP contribution is 2.49. The van der Waals surface area contributed by atoms with E-state index in [2.05, 4.69) is 0 Å². The van der Waals surface area contributed by atoms with Crippen LogP contribution in [-0.2, 0) is 4.57 Å². The molecular weight excluding hydrogens is 179 g/mol. The van der Waals surface area contributed by atoms with Crippen molar-refractivity contribution in [3.8, 4) is 0 Å². The van der Waals surface area contributed by atoms with Crippen molar-refractivity contribution >= 4 is 19.4 Å². The van der Waals surface area contributed by atoms with Crippen LogP contribution in [-0.4, -0.2) is 16.2 Å². The first-order valence-corrected chi connectivity index (χ1v) is 5.54. The molecule has 0 saturated carbocycles.